The maximum Gasteiger partial charge on any atom is 0.223 e. The van der Waals surface area contributed by atoms with E-state index in [1.807, 2.05) is 0 Å². The van der Waals surface area contributed by atoms with E-state index in [4.69, 9.17) is 0 Å². The van der Waals surface area contributed by atoms with Crippen molar-refractivity contribution in [2.24, 2.45) is 11.3 Å². The predicted molar refractivity (Wildman–Crippen MR) is 57.9 cm³/mol. The van der Waals surface area contributed by atoms with Gasteiger partial charge in [-0.25, -0.2) is 0 Å². The number of rotatable bonds is 4. The molecule has 0 aromatic heterocycles. The van der Waals surface area contributed by atoms with Crippen LogP contribution in [0.5, 0.6) is 0 Å². The third-order valence-electron chi connectivity index (χ3n) is 2.76. The highest BCUT2D eigenvalue weighted by atomic mass is 79.9. The molecule has 0 heterocycles. The van der Waals surface area contributed by atoms with Crippen LogP contribution in [-0.2, 0) is 4.79 Å². The zero-order valence-electron chi connectivity index (χ0n) is 8.56. The van der Waals surface area contributed by atoms with Crippen molar-refractivity contribution >= 4 is 21.8 Å². The fraction of sp³-hybridized carbons (Fsp3) is 0.900. The summed E-state index contributed by atoms with van der Waals surface area (Å²) in [6.45, 7) is 6.34. The Bertz CT molecular complexity index is 203. The fourth-order valence-corrected chi connectivity index (χ4v) is 2.18. The van der Waals surface area contributed by atoms with E-state index in [9.17, 15) is 4.79 Å². The number of hydrogen-bond acceptors (Lipinski definition) is 1. The smallest absolute Gasteiger partial charge is 0.223 e. The number of hydrogen-bond donors (Lipinski definition) is 1. The second-order valence-electron chi connectivity index (χ2n) is 4.63. The molecular formula is C10H18BrNO. The molecule has 2 atom stereocenters. The van der Waals surface area contributed by atoms with E-state index in [0.29, 0.717) is 6.04 Å². The zero-order chi connectivity index (χ0) is 10.1. The van der Waals surface area contributed by atoms with Crippen LogP contribution >= 0.6 is 15.9 Å². The van der Waals surface area contributed by atoms with Gasteiger partial charge < -0.3 is 5.32 Å². The molecule has 1 amide bonds. The van der Waals surface area contributed by atoms with Gasteiger partial charge in [-0.2, -0.15) is 0 Å². The van der Waals surface area contributed by atoms with Crippen LogP contribution in [0.15, 0.2) is 0 Å². The second-order valence-corrected chi connectivity index (χ2v) is 5.43. The van der Waals surface area contributed by atoms with Gasteiger partial charge in [-0.1, -0.05) is 29.8 Å². The van der Waals surface area contributed by atoms with Gasteiger partial charge in [0.2, 0.25) is 5.91 Å². The molecule has 1 aliphatic rings. The Morgan fingerprint density at radius 1 is 1.69 bits per heavy atom. The molecule has 0 aromatic carbocycles. The summed E-state index contributed by atoms with van der Waals surface area (Å²) in [7, 11) is 0. The lowest BCUT2D eigenvalue weighted by molar-refractivity contribution is -0.123. The van der Waals surface area contributed by atoms with Crippen molar-refractivity contribution in [3.8, 4) is 0 Å². The van der Waals surface area contributed by atoms with Crippen LogP contribution in [-0.4, -0.2) is 17.3 Å². The largest absolute Gasteiger partial charge is 0.353 e. The van der Waals surface area contributed by atoms with E-state index in [1.165, 1.54) is 0 Å². The molecule has 3 heteroatoms. The molecule has 1 aliphatic carbocycles. The number of amides is 1. The van der Waals surface area contributed by atoms with Crippen LogP contribution in [0.2, 0.25) is 0 Å². The topological polar surface area (TPSA) is 29.1 Å². The predicted octanol–water partition coefficient (Wildman–Crippen LogP) is 2.32. The molecule has 0 aromatic rings. The fourth-order valence-electron chi connectivity index (χ4n) is 1.49. The van der Waals surface area contributed by atoms with Gasteiger partial charge in [0.1, 0.15) is 0 Å². The van der Waals surface area contributed by atoms with Gasteiger partial charge >= 0.3 is 0 Å². The summed E-state index contributed by atoms with van der Waals surface area (Å²) in [5.74, 6) is 0.490. The van der Waals surface area contributed by atoms with E-state index in [-0.39, 0.29) is 17.2 Å². The third-order valence-corrected chi connectivity index (χ3v) is 3.22. The van der Waals surface area contributed by atoms with Gasteiger partial charge in [0.05, 0.1) is 0 Å². The number of halogens is 1. The molecule has 2 unspecified atom stereocenters. The number of nitrogens with one attached hydrogen (secondary N) is 1. The van der Waals surface area contributed by atoms with Crippen molar-refractivity contribution in [1.82, 2.24) is 5.32 Å². The first-order chi connectivity index (χ1) is 5.97. The minimum Gasteiger partial charge on any atom is -0.353 e. The standard InChI is InChI=1S/C10H18BrNO/c1-7(4-5-11)12-9(13)8-6-10(8,2)3/h7-8H,4-6H2,1-3H3,(H,12,13). The van der Waals surface area contributed by atoms with Crippen molar-refractivity contribution in [3.63, 3.8) is 0 Å². The highest BCUT2D eigenvalue weighted by Gasteiger charge is 2.50. The van der Waals surface area contributed by atoms with Crippen LogP contribution in [0.1, 0.15) is 33.6 Å². The van der Waals surface area contributed by atoms with E-state index < -0.39 is 0 Å². The van der Waals surface area contributed by atoms with Crippen LogP contribution in [0.3, 0.4) is 0 Å². The van der Waals surface area contributed by atoms with Crippen molar-refractivity contribution in [1.29, 1.82) is 0 Å². The van der Waals surface area contributed by atoms with Gasteiger partial charge in [0, 0.05) is 17.3 Å². The zero-order valence-corrected chi connectivity index (χ0v) is 10.1. The molecule has 0 aliphatic heterocycles. The molecule has 0 saturated heterocycles. The Kier molecular flexibility index (Phi) is 3.38. The highest BCUT2D eigenvalue weighted by Crippen LogP contribution is 2.51. The summed E-state index contributed by atoms with van der Waals surface area (Å²) < 4.78 is 0. The lowest BCUT2D eigenvalue weighted by atomic mass is 10.1. The van der Waals surface area contributed by atoms with Gasteiger partial charge in [0.25, 0.3) is 0 Å². The molecule has 1 fully saturated rings. The van der Waals surface area contributed by atoms with Gasteiger partial charge in [-0.3, -0.25) is 4.79 Å². The lowest BCUT2D eigenvalue weighted by Gasteiger charge is -2.12. The van der Waals surface area contributed by atoms with E-state index in [1.54, 1.807) is 0 Å². The minimum atomic E-state index is 0.235. The number of carbonyl (C=O) groups is 1. The first-order valence-electron chi connectivity index (χ1n) is 4.83. The molecular weight excluding hydrogens is 230 g/mol. The monoisotopic (exact) mass is 247 g/mol. The maximum atomic E-state index is 11.6. The summed E-state index contributed by atoms with van der Waals surface area (Å²) >= 11 is 3.36. The minimum absolute atomic E-state index is 0.235. The van der Waals surface area contributed by atoms with Crippen molar-refractivity contribution in [3.05, 3.63) is 0 Å². The van der Waals surface area contributed by atoms with Crippen molar-refractivity contribution < 1.29 is 4.79 Å². The summed E-state index contributed by atoms with van der Waals surface area (Å²) in [4.78, 5) is 11.6. The first kappa shape index (κ1) is 11.0. The van der Waals surface area contributed by atoms with Gasteiger partial charge in [0.15, 0.2) is 0 Å². The molecule has 76 valence electrons. The lowest BCUT2D eigenvalue weighted by Crippen LogP contribution is -2.34. The van der Waals surface area contributed by atoms with Crippen molar-refractivity contribution in [2.75, 3.05) is 5.33 Å². The first-order valence-corrected chi connectivity index (χ1v) is 5.96. The molecule has 1 rings (SSSR count). The maximum absolute atomic E-state index is 11.6. The van der Waals surface area contributed by atoms with Crippen LogP contribution in [0.25, 0.3) is 0 Å². The Morgan fingerprint density at radius 3 is 2.62 bits per heavy atom. The molecule has 1 saturated carbocycles. The van der Waals surface area contributed by atoms with E-state index >= 15 is 0 Å². The van der Waals surface area contributed by atoms with Crippen LogP contribution in [0, 0.1) is 11.3 Å². The van der Waals surface area contributed by atoms with Crippen LogP contribution in [0.4, 0.5) is 0 Å². The molecule has 1 N–H and O–H groups in total. The molecule has 13 heavy (non-hydrogen) atoms. The SMILES string of the molecule is CC(CCBr)NC(=O)C1CC1(C)C. The number of carbonyl (C=O) groups excluding carboxylic acids is 1. The number of alkyl halides is 1. The molecule has 2 nitrogen and oxygen atoms in total. The van der Waals surface area contributed by atoms with Gasteiger partial charge in [-0.05, 0) is 25.2 Å². The molecule has 0 radical (unpaired) electrons. The highest BCUT2D eigenvalue weighted by molar-refractivity contribution is 9.09. The van der Waals surface area contributed by atoms with Crippen molar-refractivity contribution in [2.45, 2.75) is 39.7 Å². The summed E-state index contributed by atoms with van der Waals surface area (Å²) in [5.41, 5.74) is 0.248. The Balaban J connectivity index is 2.27. The molecule has 0 spiro atoms. The summed E-state index contributed by atoms with van der Waals surface area (Å²) in [5, 5.41) is 3.98. The summed E-state index contributed by atoms with van der Waals surface area (Å²) in [6.07, 6.45) is 2.04. The Morgan fingerprint density at radius 2 is 2.23 bits per heavy atom. The van der Waals surface area contributed by atoms with Gasteiger partial charge in [-0.15, -0.1) is 0 Å². The van der Waals surface area contributed by atoms with E-state index in [0.717, 1.165) is 18.2 Å². The Labute approximate surface area is 88.6 Å². The van der Waals surface area contributed by atoms with E-state index in [2.05, 4.69) is 42.0 Å². The Hall–Kier alpha value is -0.0500. The molecule has 0 bridgehead atoms. The quantitative estimate of drug-likeness (QED) is 0.760. The second kappa shape index (κ2) is 3.99. The average molecular weight is 248 g/mol. The third kappa shape index (κ3) is 2.97. The normalized spacial score (nSPS) is 26.6. The summed E-state index contributed by atoms with van der Waals surface area (Å²) in [6, 6.07) is 0.295. The average Bonchev–Trinajstić information content (AvgIpc) is 2.60. The van der Waals surface area contributed by atoms with Crippen LogP contribution < -0.4 is 5.32 Å².